The van der Waals surface area contributed by atoms with Gasteiger partial charge in [0.15, 0.2) is 0 Å². The van der Waals surface area contributed by atoms with Gasteiger partial charge in [-0.2, -0.15) is 4.68 Å². The van der Waals surface area contributed by atoms with Crippen molar-refractivity contribution in [1.82, 2.24) is 9.36 Å². The normalized spacial score (nSPS) is 12.0. The van der Waals surface area contributed by atoms with Crippen LogP contribution in [-0.4, -0.2) is 20.6 Å². The van der Waals surface area contributed by atoms with Crippen LogP contribution in [-0.2, 0) is 12.5 Å². The SMILES string of the molecule is Cn1c(=O)c2c(C(C)(C)C)cccc2n1C(=O)O. The number of carboxylic acid groups (broad SMARTS) is 1. The lowest BCUT2D eigenvalue weighted by Crippen LogP contribution is -2.24. The average Bonchev–Trinajstić information content (AvgIpc) is 2.50. The third kappa shape index (κ3) is 1.63. The van der Waals surface area contributed by atoms with Crippen LogP contribution >= 0.6 is 0 Å². The first kappa shape index (κ1) is 12.4. The molecule has 2 aromatic rings. The molecule has 0 aliphatic rings. The van der Waals surface area contributed by atoms with Crippen molar-refractivity contribution in [3.63, 3.8) is 0 Å². The van der Waals surface area contributed by atoms with Crippen molar-refractivity contribution in [3.8, 4) is 0 Å². The maximum atomic E-state index is 12.2. The van der Waals surface area contributed by atoms with Gasteiger partial charge >= 0.3 is 6.09 Å². The lowest BCUT2D eigenvalue weighted by molar-refractivity contribution is 0.190. The van der Waals surface area contributed by atoms with Gasteiger partial charge in [0.25, 0.3) is 5.56 Å². The Balaban J connectivity index is 3.02. The molecular weight excluding hydrogens is 232 g/mol. The molecule has 0 aliphatic heterocycles. The third-order valence-corrected chi connectivity index (χ3v) is 3.07. The summed E-state index contributed by atoms with van der Waals surface area (Å²) < 4.78 is 2.11. The first-order valence-electron chi connectivity index (χ1n) is 5.69. The van der Waals surface area contributed by atoms with E-state index in [4.69, 9.17) is 0 Å². The van der Waals surface area contributed by atoms with Crippen LogP contribution in [0.3, 0.4) is 0 Å². The van der Waals surface area contributed by atoms with Gasteiger partial charge in [-0.05, 0) is 17.0 Å². The molecule has 0 bridgehead atoms. The molecule has 18 heavy (non-hydrogen) atoms. The molecule has 1 aromatic heterocycles. The van der Waals surface area contributed by atoms with Gasteiger partial charge in [0.1, 0.15) is 0 Å². The van der Waals surface area contributed by atoms with Crippen LogP contribution in [0.2, 0.25) is 0 Å². The Morgan fingerprint density at radius 3 is 2.39 bits per heavy atom. The van der Waals surface area contributed by atoms with Gasteiger partial charge in [-0.25, -0.2) is 9.48 Å². The molecule has 0 unspecified atom stereocenters. The summed E-state index contributed by atoms with van der Waals surface area (Å²) in [4.78, 5) is 23.4. The predicted molar refractivity (Wildman–Crippen MR) is 69.3 cm³/mol. The number of hydrogen-bond acceptors (Lipinski definition) is 2. The van der Waals surface area contributed by atoms with Gasteiger partial charge in [0, 0.05) is 7.05 Å². The molecule has 0 radical (unpaired) electrons. The Labute approximate surface area is 104 Å². The highest BCUT2D eigenvalue weighted by molar-refractivity contribution is 5.89. The average molecular weight is 248 g/mol. The zero-order valence-electron chi connectivity index (χ0n) is 10.9. The highest BCUT2D eigenvalue weighted by atomic mass is 16.4. The number of carbonyl (C=O) groups is 1. The first-order valence-corrected chi connectivity index (χ1v) is 5.69. The minimum Gasteiger partial charge on any atom is -0.463 e. The summed E-state index contributed by atoms with van der Waals surface area (Å²) in [5.41, 5.74) is 0.803. The summed E-state index contributed by atoms with van der Waals surface area (Å²) in [5, 5.41) is 9.66. The van der Waals surface area contributed by atoms with E-state index in [9.17, 15) is 14.7 Å². The summed E-state index contributed by atoms with van der Waals surface area (Å²) >= 11 is 0. The quantitative estimate of drug-likeness (QED) is 0.777. The molecule has 1 aromatic carbocycles. The van der Waals surface area contributed by atoms with Crippen LogP contribution in [0.5, 0.6) is 0 Å². The van der Waals surface area contributed by atoms with Crippen LogP contribution in [0, 0.1) is 0 Å². The number of nitrogens with zero attached hydrogens (tertiary/aromatic N) is 2. The van der Waals surface area contributed by atoms with Gasteiger partial charge in [-0.1, -0.05) is 32.9 Å². The molecule has 0 fully saturated rings. The van der Waals surface area contributed by atoms with E-state index < -0.39 is 6.09 Å². The lowest BCUT2D eigenvalue weighted by atomic mass is 9.85. The van der Waals surface area contributed by atoms with Gasteiger partial charge < -0.3 is 5.11 Å². The lowest BCUT2D eigenvalue weighted by Gasteiger charge is -2.19. The molecule has 96 valence electrons. The molecule has 0 saturated heterocycles. The van der Waals surface area contributed by atoms with E-state index in [0.29, 0.717) is 10.9 Å². The van der Waals surface area contributed by atoms with E-state index in [2.05, 4.69) is 0 Å². The zero-order valence-corrected chi connectivity index (χ0v) is 10.9. The minimum atomic E-state index is -1.16. The van der Waals surface area contributed by atoms with Crippen LogP contribution in [0.1, 0.15) is 26.3 Å². The first-order chi connectivity index (χ1) is 8.25. The van der Waals surface area contributed by atoms with Crippen molar-refractivity contribution in [3.05, 3.63) is 34.1 Å². The Morgan fingerprint density at radius 1 is 1.28 bits per heavy atom. The predicted octanol–water partition coefficient (Wildman–Crippen LogP) is 2.16. The second-order valence-electron chi connectivity index (χ2n) is 5.37. The van der Waals surface area contributed by atoms with E-state index >= 15 is 0 Å². The van der Waals surface area contributed by atoms with E-state index in [0.717, 1.165) is 14.9 Å². The van der Waals surface area contributed by atoms with Crippen molar-refractivity contribution >= 4 is 17.0 Å². The maximum absolute atomic E-state index is 12.2. The molecular formula is C13H16N2O3. The summed E-state index contributed by atoms with van der Waals surface area (Å²) in [7, 11) is 1.46. The van der Waals surface area contributed by atoms with Gasteiger partial charge in [-0.3, -0.25) is 4.79 Å². The van der Waals surface area contributed by atoms with Crippen LogP contribution in [0.25, 0.3) is 10.9 Å². The smallest absolute Gasteiger partial charge is 0.431 e. The zero-order chi connectivity index (χ0) is 13.7. The topological polar surface area (TPSA) is 64.2 Å². The van der Waals surface area contributed by atoms with E-state index in [1.807, 2.05) is 26.8 Å². The molecule has 0 spiro atoms. The van der Waals surface area contributed by atoms with E-state index in [-0.39, 0.29) is 11.0 Å². The fraction of sp³-hybridized carbons (Fsp3) is 0.385. The molecule has 0 aliphatic carbocycles. The number of hydrogen-bond donors (Lipinski definition) is 1. The molecule has 0 atom stereocenters. The summed E-state index contributed by atoms with van der Waals surface area (Å²) in [5.74, 6) is 0. The second-order valence-corrected chi connectivity index (χ2v) is 5.37. The van der Waals surface area contributed by atoms with Gasteiger partial charge in [0.05, 0.1) is 10.9 Å². The van der Waals surface area contributed by atoms with Crippen molar-refractivity contribution in [2.45, 2.75) is 26.2 Å². The standard InChI is InChI=1S/C13H16N2O3/c1-13(2,3)8-6-5-7-9-10(8)11(16)14(4)15(9)12(17)18/h5-7H,1-4H3,(H,17,18). The van der Waals surface area contributed by atoms with Crippen molar-refractivity contribution in [2.24, 2.45) is 7.05 Å². The van der Waals surface area contributed by atoms with E-state index in [1.54, 1.807) is 12.1 Å². The van der Waals surface area contributed by atoms with Crippen molar-refractivity contribution < 1.29 is 9.90 Å². The molecule has 5 heteroatoms. The monoisotopic (exact) mass is 248 g/mol. The number of fused-ring (bicyclic) bond motifs is 1. The minimum absolute atomic E-state index is 0.212. The fourth-order valence-corrected chi connectivity index (χ4v) is 2.21. The number of rotatable bonds is 0. The second kappa shape index (κ2) is 3.73. The van der Waals surface area contributed by atoms with Crippen LogP contribution in [0.15, 0.2) is 23.0 Å². The highest BCUT2D eigenvalue weighted by Gasteiger charge is 2.23. The largest absolute Gasteiger partial charge is 0.463 e. The third-order valence-electron chi connectivity index (χ3n) is 3.07. The number of benzene rings is 1. The van der Waals surface area contributed by atoms with Crippen LogP contribution < -0.4 is 5.56 Å². The van der Waals surface area contributed by atoms with Gasteiger partial charge in [0.2, 0.25) is 0 Å². The summed E-state index contributed by atoms with van der Waals surface area (Å²) in [6.07, 6.45) is -1.16. The Kier molecular flexibility index (Phi) is 2.57. The van der Waals surface area contributed by atoms with Gasteiger partial charge in [-0.15, -0.1) is 0 Å². The molecule has 0 saturated carbocycles. The summed E-state index contributed by atoms with van der Waals surface area (Å²) in [6, 6.07) is 5.30. The summed E-state index contributed by atoms with van der Waals surface area (Å²) in [6.45, 7) is 6.00. The Bertz CT molecular complexity index is 687. The van der Waals surface area contributed by atoms with Crippen molar-refractivity contribution in [1.29, 1.82) is 0 Å². The molecule has 1 N–H and O–H groups in total. The molecule has 0 amide bonds. The molecule has 2 rings (SSSR count). The van der Waals surface area contributed by atoms with E-state index in [1.165, 1.54) is 7.05 Å². The highest BCUT2D eigenvalue weighted by Crippen LogP contribution is 2.28. The van der Waals surface area contributed by atoms with Crippen molar-refractivity contribution in [2.75, 3.05) is 0 Å². The number of aromatic nitrogens is 2. The molecule has 5 nitrogen and oxygen atoms in total. The van der Waals surface area contributed by atoms with Crippen LogP contribution in [0.4, 0.5) is 4.79 Å². The Hall–Kier alpha value is -2.04. The maximum Gasteiger partial charge on any atom is 0.431 e. The molecule has 1 heterocycles. The fourth-order valence-electron chi connectivity index (χ4n) is 2.21. The Morgan fingerprint density at radius 2 is 1.89 bits per heavy atom.